The zero-order valence-corrected chi connectivity index (χ0v) is 12.0. The van der Waals surface area contributed by atoms with Gasteiger partial charge >= 0.3 is 6.09 Å². The minimum atomic E-state index is -0.505. The number of ether oxygens (including phenoxy) is 1. The van der Waals surface area contributed by atoms with E-state index in [1.165, 1.54) is 0 Å². The van der Waals surface area contributed by atoms with Gasteiger partial charge in [-0.05, 0) is 23.8 Å². The molecule has 0 heterocycles. The van der Waals surface area contributed by atoms with Crippen molar-refractivity contribution >= 4 is 17.5 Å². The summed E-state index contributed by atoms with van der Waals surface area (Å²) in [5.74, 6) is 5.71. The summed E-state index contributed by atoms with van der Waals surface area (Å²) in [6.45, 7) is 0.423. The topological polar surface area (TPSA) is 90.4 Å². The normalized spacial score (nSPS) is 9.45. The first-order valence-corrected chi connectivity index (χ1v) is 6.73. The zero-order valence-electron chi connectivity index (χ0n) is 12.0. The second kappa shape index (κ2) is 7.60. The standard InChI is InChI=1S/C17H17N3O2/c18-15-9-8-13(11-16(15)19)7-4-10-20-17(21)22-12-14-5-2-1-3-6-14/h1-3,5-6,8-9,11H,10,12,18-19H2,(H,20,21). The van der Waals surface area contributed by atoms with E-state index < -0.39 is 6.09 Å². The van der Waals surface area contributed by atoms with Crippen LogP contribution in [0.4, 0.5) is 16.2 Å². The molecule has 0 saturated heterocycles. The van der Waals surface area contributed by atoms with Crippen molar-refractivity contribution in [2.24, 2.45) is 0 Å². The number of nitrogens with one attached hydrogen (secondary N) is 1. The van der Waals surface area contributed by atoms with Gasteiger partial charge in [0.15, 0.2) is 0 Å². The lowest BCUT2D eigenvalue weighted by molar-refractivity contribution is 0.141. The second-order valence-electron chi connectivity index (χ2n) is 4.56. The SMILES string of the molecule is Nc1ccc(C#CCNC(=O)OCc2ccccc2)cc1N. The Morgan fingerprint density at radius 2 is 1.86 bits per heavy atom. The minimum Gasteiger partial charge on any atom is -0.445 e. The first kappa shape index (κ1) is 15.3. The maximum atomic E-state index is 11.5. The highest BCUT2D eigenvalue weighted by molar-refractivity contribution is 5.68. The summed E-state index contributed by atoms with van der Waals surface area (Å²) >= 11 is 0. The Morgan fingerprint density at radius 3 is 2.59 bits per heavy atom. The van der Waals surface area contributed by atoms with Crippen LogP contribution in [0.1, 0.15) is 11.1 Å². The van der Waals surface area contributed by atoms with Gasteiger partial charge in [0.25, 0.3) is 0 Å². The first-order chi connectivity index (χ1) is 10.6. The zero-order chi connectivity index (χ0) is 15.8. The van der Waals surface area contributed by atoms with Gasteiger partial charge in [0, 0.05) is 5.56 Å². The molecule has 0 saturated carbocycles. The van der Waals surface area contributed by atoms with Gasteiger partial charge in [-0.2, -0.15) is 0 Å². The van der Waals surface area contributed by atoms with E-state index in [9.17, 15) is 4.79 Å². The van der Waals surface area contributed by atoms with Crippen molar-refractivity contribution in [1.82, 2.24) is 5.32 Å². The van der Waals surface area contributed by atoms with Crippen LogP contribution in [0.25, 0.3) is 0 Å². The molecule has 5 nitrogen and oxygen atoms in total. The van der Waals surface area contributed by atoms with Gasteiger partial charge in [-0.25, -0.2) is 4.79 Å². The van der Waals surface area contributed by atoms with Gasteiger partial charge in [-0.1, -0.05) is 42.2 Å². The maximum absolute atomic E-state index is 11.5. The van der Waals surface area contributed by atoms with Crippen LogP contribution in [0.2, 0.25) is 0 Å². The quantitative estimate of drug-likeness (QED) is 0.597. The minimum absolute atomic E-state index is 0.192. The molecule has 2 rings (SSSR count). The molecule has 0 radical (unpaired) electrons. The van der Waals surface area contributed by atoms with Gasteiger partial charge < -0.3 is 21.5 Å². The fourth-order valence-corrected chi connectivity index (χ4v) is 1.69. The Labute approximate surface area is 129 Å². The fraction of sp³-hybridized carbons (Fsp3) is 0.118. The number of hydrogen-bond acceptors (Lipinski definition) is 4. The summed E-state index contributed by atoms with van der Waals surface area (Å²) in [6.07, 6.45) is -0.505. The van der Waals surface area contributed by atoms with Crippen molar-refractivity contribution in [3.05, 3.63) is 59.7 Å². The van der Waals surface area contributed by atoms with Crippen LogP contribution in [-0.4, -0.2) is 12.6 Å². The number of nitrogen functional groups attached to an aromatic ring is 2. The highest BCUT2D eigenvalue weighted by Gasteiger charge is 2.00. The first-order valence-electron chi connectivity index (χ1n) is 6.73. The monoisotopic (exact) mass is 295 g/mol. The highest BCUT2D eigenvalue weighted by atomic mass is 16.5. The van der Waals surface area contributed by atoms with Crippen LogP contribution in [0.15, 0.2) is 48.5 Å². The molecule has 0 aliphatic rings. The van der Waals surface area contributed by atoms with Gasteiger partial charge in [0.1, 0.15) is 6.61 Å². The van der Waals surface area contributed by atoms with E-state index in [4.69, 9.17) is 16.2 Å². The van der Waals surface area contributed by atoms with Crippen LogP contribution in [0, 0.1) is 11.8 Å². The smallest absolute Gasteiger partial charge is 0.408 e. The molecule has 0 spiro atoms. The average molecular weight is 295 g/mol. The molecule has 112 valence electrons. The predicted molar refractivity (Wildman–Crippen MR) is 86.8 cm³/mol. The molecule has 5 heteroatoms. The van der Waals surface area contributed by atoms with Gasteiger partial charge in [0.2, 0.25) is 0 Å². The number of nitrogens with two attached hydrogens (primary N) is 2. The van der Waals surface area contributed by atoms with Crippen LogP contribution >= 0.6 is 0 Å². The molecule has 2 aromatic carbocycles. The van der Waals surface area contributed by atoms with E-state index in [-0.39, 0.29) is 13.2 Å². The van der Waals surface area contributed by atoms with E-state index >= 15 is 0 Å². The van der Waals surface area contributed by atoms with Gasteiger partial charge in [-0.3, -0.25) is 0 Å². The van der Waals surface area contributed by atoms with E-state index in [0.29, 0.717) is 11.4 Å². The molecular formula is C17H17N3O2. The summed E-state index contributed by atoms with van der Waals surface area (Å²) in [4.78, 5) is 11.5. The van der Waals surface area contributed by atoms with Crippen LogP contribution in [-0.2, 0) is 11.3 Å². The third-order valence-corrected chi connectivity index (χ3v) is 2.85. The molecule has 0 aliphatic carbocycles. The average Bonchev–Trinajstić information content (AvgIpc) is 2.54. The molecule has 0 unspecified atom stereocenters. The number of carbonyl (C=O) groups is 1. The van der Waals surface area contributed by atoms with E-state index in [0.717, 1.165) is 11.1 Å². The largest absolute Gasteiger partial charge is 0.445 e. The molecule has 2 aromatic rings. The van der Waals surface area contributed by atoms with Crippen LogP contribution in [0.5, 0.6) is 0 Å². The Balaban J connectivity index is 1.75. The Morgan fingerprint density at radius 1 is 1.09 bits per heavy atom. The second-order valence-corrected chi connectivity index (χ2v) is 4.56. The number of amides is 1. The Kier molecular flexibility index (Phi) is 5.27. The summed E-state index contributed by atoms with van der Waals surface area (Å²) in [6, 6.07) is 14.6. The lowest BCUT2D eigenvalue weighted by Gasteiger charge is -2.04. The third-order valence-electron chi connectivity index (χ3n) is 2.85. The lowest BCUT2D eigenvalue weighted by atomic mass is 10.2. The predicted octanol–water partition coefficient (Wildman–Crippen LogP) is 2.13. The summed E-state index contributed by atoms with van der Waals surface area (Å²) in [7, 11) is 0. The lowest BCUT2D eigenvalue weighted by Crippen LogP contribution is -2.24. The number of alkyl carbamates (subject to hydrolysis) is 1. The van der Waals surface area contributed by atoms with E-state index in [1.807, 2.05) is 30.3 Å². The summed E-state index contributed by atoms with van der Waals surface area (Å²) in [5, 5.41) is 2.56. The molecule has 1 amide bonds. The molecular weight excluding hydrogens is 278 g/mol. The van der Waals surface area contributed by atoms with Crippen molar-refractivity contribution in [3.8, 4) is 11.8 Å². The van der Waals surface area contributed by atoms with Crippen LogP contribution in [0.3, 0.4) is 0 Å². The summed E-state index contributed by atoms with van der Waals surface area (Å²) in [5.41, 5.74) is 14.0. The van der Waals surface area contributed by atoms with E-state index in [1.54, 1.807) is 18.2 Å². The molecule has 0 aliphatic heterocycles. The van der Waals surface area contributed by atoms with Crippen molar-refractivity contribution in [1.29, 1.82) is 0 Å². The van der Waals surface area contributed by atoms with Gasteiger partial charge in [-0.15, -0.1) is 0 Å². The number of anilines is 2. The molecule has 5 N–H and O–H groups in total. The number of benzene rings is 2. The van der Waals surface area contributed by atoms with E-state index in [2.05, 4.69) is 17.2 Å². The molecule has 0 aromatic heterocycles. The molecule has 0 atom stereocenters. The summed E-state index contributed by atoms with van der Waals surface area (Å²) < 4.78 is 5.06. The maximum Gasteiger partial charge on any atom is 0.408 e. The fourth-order valence-electron chi connectivity index (χ4n) is 1.69. The highest BCUT2D eigenvalue weighted by Crippen LogP contribution is 2.14. The molecule has 0 fully saturated rings. The van der Waals surface area contributed by atoms with Gasteiger partial charge in [0.05, 0.1) is 17.9 Å². The van der Waals surface area contributed by atoms with Crippen molar-refractivity contribution in [3.63, 3.8) is 0 Å². The van der Waals surface area contributed by atoms with Crippen molar-refractivity contribution < 1.29 is 9.53 Å². The third kappa shape index (κ3) is 4.76. The molecule has 0 bridgehead atoms. The van der Waals surface area contributed by atoms with Crippen LogP contribution < -0.4 is 16.8 Å². The van der Waals surface area contributed by atoms with Crippen molar-refractivity contribution in [2.75, 3.05) is 18.0 Å². The number of rotatable bonds is 3. The number of carbonyl (C=O) groups excluding carboxylic acids is 1. The Bertz CT molecular complexity index is 703. The molecule has 22 heavy (non-hydrogen) atoms. The van der Waals surface area contributed by atoms with Crippen molar-refractivity contribution in [2.45, 2.75) is 6.61 Å². The number of hydrogen-bond donors (Lipinski definition) is 3. The Hall–Kier alpha value is -3.13.